The maximum Gasteiger partial charge on any atom is 0.345 e. The molecule has 1 amide bonds. The van der Waals surface area contributed by atoms with Gasteiger partial charge in [0, 0.05) is 10.6 Å². The van der Waals surface area contributed by atoms with Gasteiger partial charge in [0.25, 0.3) is 0 Å². The van der Waals surface area contributed by atoms with Gasteiger partial charge in [0.15, 0.2) is 0 Å². The molecule has 1 aromatic carbocycles. The highest BCUT2D eigenvalue weighted by Crippen LogP contribution is 2.19. The van der Waals surface area contributed by atoms with Crippen LogP contribution in [0.5, 0.6) is 0 Å². The van der Waals surface area contributed by atoms with Crippen molar-refractivity contribution in [3.05, 3.63) is 57.8 Å². The number of hydrogen-bond donors (Lipinski definition) is 2. The third-order valence-corrected chi connectivity index (χ3v) is 5.31. The summed E-state index contributed by atoms with van der Waals surface area (Å²) < 4.78 is 0. The van der Waals surface area contributed by atoms with E-state index in [0.29, 0.717) is 6.54 Å². The molecule has 116 valence electrons. The van der Waals surface area contributed by atoms with Gasteiger partial charge in [0.05, 0.1) is 11.8 Å². The maximum absolute atomic E-state index is 12.0. The Hall–Kier alpha value is -1.79. The maximum atomic E-state index is 12.0. The fourth-order valence-corrected chi connectivity index (χ4v) is 3.43. The van der Waals surface area contributed by atoms with Gasteiger partial charge in [0.2, 0.25) is 5.91 Å². The average molecular weight is 335 g/mol. The van der Waals surface area contributed by atoms with Gasteiger partial charge in [-0.25, -0.2) is 4.79 Å². The first kappa shape index (κ1) is 16.6. The van der Waals surface area contributed by atoms with Crippen molar-refractivity contribution in [1.29, 1.82) is 0 Å². The highest BCUT2D eigenvalue weighted by Gasteiger charge is 2.14. The first-order chi connectivity index (χ1) is 10.6. The number of rotatable bonds is 7. The minimum atomic E-state index is -0.936. The zero-order valence-electron chi connectivity index (χ0n) is 12.1. The van der Waals surface area contributed by atoms with Crippen molar-refractivity contribution in [1.82, 2.24) is 5.32 Å². The van der Waals surface area contributed by atoms with Crippen LogP contribution in [0, 0.1) is 0 Å². The van der Waals surface area contributed by atoms with Crippen molar-refractivity contribution < 1.29 is 14.7 Å². The summed E-state index contributed by atoms with van der Waals surface area (Å²) in [6.07, 6.45) is 0. The van der Waals surface area contributed by atoms with E-state index in [1.165, 1.54) is 16.9 Å². The summed E-state index contributed by atoms with van der Waals surface area (Å²) in [6.45, 7) is 2.24. The fraction of sp³-hybridized carbons (Fsp3) is 0.250. The number of carboxylic acid groups (broad SMARTS) is 1. The lowest BCUT2D eigenvalue weighted by atomic mass is 10.2. The van der Waals surface area contributed by atoms with Crippen molar-refractivity contribution in [2.75, 3.05) is 0 Å². The van der Waals surface area contributed by atoms with Crippen LogP contribution in [0.3, 0.4) is 0 Å². The van der Waals surface area contributed by atoms with Gasteiger partial charge in [-0.2, -0.15) is 0 Å². The predicted octanol–water partition coefficient (Wildman–Crippen LogP) is 3.38. The van der Waals surface area contributed by atoms with Crippen LogP contribution in [-0.4, -0.2) is 22.2 Å². The molecule has 2 aromatic rings. The molecule has 0 saturated heterocycles. The molecule has 0 bridgehead atoms. The summed E-state index contributed by atoms with van der Waals surface area (Å²) in [4.78, 5) is 24.0. The van der Waals surface area contributed by atoms with Crippen molar-refractivity contribution in [2.45, 2.75) is 24.5 Å². The minimum absolute atomic E-state index is 0.0359. The number of amides is 1. The van der Waals surface area contributed by atoms with E-state index in [0.717, 1.165) is 10.6 Å². The van der Waals surface area contributed by atoms with Gasteiger partial charge in [-0.1, -0.05) is 30.3 Å². The lowest BCUT2D eigenvalue weighted by Gasteiger charge is -2.11. The summed E-state index contributed by atoms with van der Waals surface area (Å²) >= 11 is 2.76. The van der Waals surface area contributed by atoms with Crippen molar-refractivity contribution in [3.8, 4) is 0 Å². The van der Waals surface area contributed by atoms with E-state index < -0.39 is 5.97 Å². The van der Waals surface area contributed by atoms with Crippen LogP contribution in [0.2, 0.25) is 0 Å². The first-order valence-electron chi connectivity index (χ1n) is 6.81. The number of thioether (sulfide) groups is 1. The molecule has 0 radical (unpaired) electrons. The van der Waals surface area contributed by atoms with E-state index in [1.807, 2.05) is 37.3 Å². The van der Waals surface area contributed by atoms with Crippen LogP contribution in [0.25, 0.3) is 0 Å². The smallest absolute Gasteiger partial charge is 0.345 e. The predicted molar refractivity (Wildman–Crippen MR) is 90.3 cm³/mol. The standard InChI is InChI=1S/C16H17NO3S2/c1-11(21-10-12-5-3-2-4-6-12)15(18)17-9-13-7-8-14(22-13)16(19)20/h2-8,11H,9-10H2,1H3,(H,17,18)(H,19,20). The van der Waals surface area contributed by atoms with Crippen LogP contribution in [0.1, 0.15) is 27.0 Å². The number of carbonyl (C=O) groups is 2. The molecule has 4 nitrogen and oxygen atoms in total. The molecule has 22 heavy (non-hydrogen) atoms. The zero-order valence-corrected chi connectivity index (χ0v) is 13.7. The van der Waals surface area contributed by atoms with E-state index in [9.17, 15) is 9.59 Å². The van der Waals surface area contributed by atoms with E-state index in [1.54, 1.807) is 23.9 Å². The van der Waals surface area contributed by atoms with Gasteiger partial charge in [-0.05, 0) is 24.6 Å². The molecule has 0 aliphatic rings. The largest absolute Gasteiger partial charge is 0.477 e. The Morgan fingerprint density at radius 1 is 1.23 bits per heavy atom. The number of aromatic carboxylic acids is 1. The average Bonchev–Trinajstić information content (AvgIpc) is 3.00. The van der Waals surface area contributed by atoms with Crippen LogP contribution < -0.4 is 5.32 Å². The van der Waals surface area contributed by atoms with E-state index in [2.05, 4.69) is 5.32 Å². The summed E-state index contributed by atoms with van der Waals surface area (Å²) in [7, 11) is 0. The molecule has 0 aliphatic heterocycles. The van der Waals surface area contributed by atoms with Crippen LogP contribution in [0.15, 0.2) is 42.5 Å². The Kier molecular flexibility index (Phi) is 6.03. The summed E-state index contributed by atoms with van der Waals surface area (Å²) in [5, 5.41) is 11.6. The molecular weight excluding hydrogens is 318 g/mol. The third-order valence-electron chi connectivity index (χ3n) is 3.02. The molecule has 1 unspecified atom stereocenters. The number of hydrogen-bond acceptors (Lipinski definition) is 4. The second-order valence-electron chi connectivity index (χ2n) is 4.73. The number of nitrogens with one attached hydrogen (secondary N) is 1. The Balaban J connectivity index is 1.77. The monoisotopic (exact) mass is 335 g/mol. The van der Waals surface area contributed by atoms with E-state index in [-0.39, 0.29) is 16.0 Å². The molecule has 0 spiro atoms. The quantitative estimate of drug-likeness (QED) is 0.814. The lowest BCUT2D eigenvalue weighted by Crippen LogP contribution is -2.30. The number of carbonyl (C=O) groups excluding carboxylic acids is 1. The Labute approximate surface area is 137 Å². The van der Waals surface area contributed by atoms with Gasteiger partial charge in [-0.15, -0.1) is 23.1 Å². The van der Waals surface area contributed by atoms with Crippen LogP contribution in [0.4, 0.5) is 0 Å². The van der Waals surface area contributed by atoms with Gasteiger partial charge < -0.3 is 10.4 Å². The van der Waals surface area contributed by atoms with Crippen LogP contribution >= 0.6 is 23.1 Å². The van der Waals surface area contributed by atoms with Gasteiger partial charge >= 0.3 is 5.97 Å². The normalized spacial score (nSPS) is 11.9. The molecule has 2 rings (SSSR count). The molecule has 0 aliphatic carbocycles. The van der Waals surface area contributed by atoms with Crippen molar-refractivity contribution >= 4 is 35.0 Å². The number of benzene rings is 1. The Morgan fingerprint density at radius 2 is 1.95 bits per heavy atom. The summed E-state index contributed by atoms with van der Waals surface area (Å²) in [6, 6.07) is 13.3. The molecule has 2 N–H and O–H groups in total. The molecule has 1 atom stereocenters. The number of carboxylic acids is 1. The molecule has 1 aromatic heterocycles. The molecule has 0 fully saturated rings. The zero-order chi connectivity index (χ0) is 15.9. The minimum Gasteiger partial charge on any atom is -0.477 e. The highest BCUT2D eigenvalue weighted by molar-refractivity contribution is 7.99. The van der Waals surface area contributed by atoms with Gasteiger partial charge in [-0.3, -0.25) is 4.79 Å². The summed E-state index contributed by atoms with van der Waals surface area (Å²) in [5.74, 6) is -0.182. The second kappa shape index (κ2) is 8.00. The SMILES string of the molecule is CC(SCc1ccccc1)C(=O)NCc1ccc(C(=O)O)s1. The fourth-order valence-electron chi connectivity index (χ4n) is 1.78. The Morgan fingerprint density at radius 3 is 2.59 bits per heavy atom. The summed E-state index contributed by atoms with van der Waals surface area (Å²) in [5.41, 5.74) is 1.19. The highest BCUT2D eigenvalue weighted by atomic mass is 32.2. The topological polar surface area (TPSA) is 66.4 Å². The molecular formula is C16H17NO3S2. The van der Waals surface area contributed by atoms with Crippen molar-refractivity contribution in [3.63, 3.8) is 0 Å². The van der Waals surface area contributed by atoms with E-state index in [4.69, 9.17) is 5.11 Å². The molecule has 6 heteroatoms. The first-order valence-corrected chi connectivity index (χ1v) is 8.68. The molecule has 0 saturated carbocycles. The third kappa shape index (κ3) is 4.89. The second-order valence-corrected chi connectivity index (χ2v) is 7.23. The Bertz CT molecular complexity index is 640. The lowest BCUT2D eigenvalue weighted by molar-refractivity contribution is -0.120. The van der Waals surface area contributed by atoms with Crippen LogP contribution in [-0.2, 0) is 17.1 Å². The van der Waals surface area contributed by atoms with Crippen molar-refractivity contribution in [2.24, 2.45) is 0 Å². The van der Waals surface area contributed by atoms with E-state index >= 15 is 0 Å². The number of thiophene rings is 1. The van der Waals surface area contributed by atoms with Gasteiger partial charge in [0.1, 0.15) is 4.88 Å². The molecule has 1 heterocycles.